The number of fused-ring (bicyclic) bond motifs is 6. The Kier molecular flexibility index (Phi) is 16.7. The van der Waals surface area contributed by atoms with Crippen LogP contribution < -0.4 is 34.8 Å². The second-order valence-corrected chi connectivity index (χ2v) is 19.1. The number of carbonyl (C=O) groups is 4. The zero-order chi connectivity index (χ0) is 51.9. The van der Waals surface area contributed by atoms with Gasteiger partial charge in [0.25, 0.3) is 11.8 Å². The third-order valence-electron chi connectivity index (χ3n) is 14.0. The Bertz CT molecular complexity index is 2580. The molecule has 1 saturated carbocycles. The number of rotatable bonds is 26. The molecule has 0 radical (unpaired) electrons. The van der Waals surface area contributed by atoms with Crippen LogP contribution in [0, 0.1) is 11.8 Å². The van der Waals surface area contributed by atoms with E-state index in [1.165, 1.54) is 0 Å². The van der Waals surface area contributed by atoms with Crippen molar-refractivity contribution in [1.29, 1.82) is 0 Å². The number of aliphatic hydroxyl groups is 1. The predicted molar refractivity (Wildman–Crippen MR) is 271 cm³/mol. The van der Waals surface area contributed by atoms with E-state index >= 15 is 0 Å². The van der Waals surface area contributed by atoms with Crippen molar-refractivity contribution in [2.24, 2.45) is 11.8 Å². The maximum absolute atomic E-state index is 13.8. The molecule has 3 atom stereocenters. The fraction of sp³-hybridized carbons (Fsp3) is 0.500. The average molecular weight is 1010 g/mol. The molecule has 19 nitrogen and oxygen atoms in total. The van der Waals surface area contributed by atoms with Crippen LogP contribution in [0.15, 0.2) is 66.7 Å². The van der Waals surface area contributed by atoms with Gasteiger partial charge in [-0.25, -0.2) is 14.6 Å². The number of ether oxygens (including phenoxy) is 8. The number of nitrogens with zero attached hydrogens (tertiary/aromatic N) is 4. The number of aromatic nitrogens is 1. The molecule has 19 heteroatoms. The molecule has 2 fully saturated rings. The number of pyridine rings is 1. The van der Waals surface area contributed by atoms with Gasteiger partial charge in [0.1, 0.15) is 28.4 Å². The lowest BCUT2D eigenvalue weighted by Gasteiger charge is -2.40. The van der Waals surface area contributed by atoms with Crippen molar-refractivity contribution in [2.45, 2.75) is 50.4 Å². The fourth-order valence-electron chi connectivity index (χ4n) is 9.31. The average Bonchev–Trinajstić information content (AvgIpc) is 4.09. The first kappa shape index (κ1) is 52.8. The van der Waals surface area contributed by atoms with Crippen LogP contribution in [0.2, 0.25) is 0 Å². The van der Waals surface area contributed by atoms with Crippen molar-refractivity contribution in [3.63, 3.8) is 0 Å². The lowest BCUT2D eigenvalue weighted by molar-refractivity contribution is -0.152. The van der Waals surface area contributed by atoms with E-state index in [4.69, 9.17) is 37.9 Å². The van der Waals surface area contributed by atoms with Gasteiger partial charge in [-0.1, -0.05) is 6.92 Å². The molecule has 3 aliphatic heterocycles. The van der Waals surface area contributed by atoms with Gasteiger partial charge in [0.15, 0.2) is 5.60 Å². The summed E-state index contributed by atoms with van der Waals surface area (Å²) < 4.78 is 47.1. The third kappa shape index (κ3) is 11.4. The van der Waals surface area contributed by atoms with Gasteiger partial charge < -0.3 is 68.3 Å². The summed E-state index contributed by atoms with van der Waals surface area (Å²) in [4.78, 5) is 64.9. The molecular formula is C54H68N6O13. The van der Waals surface area contributed by atoms with Crippen LogP contribution in [0.3, 0.4) is 0 Å². The lowest BCUT2D eigenvalue weighted by atomic mass is 9.77. The number of nitrogens with one attached hydrogen (secondary N) is 2. The minimum atomic E-state index is -1.38. The number of esters is 2. The standard InChI is InChI=1S/C54H68N6O13/c1-8-53(52(65)70-9-2,57-49(63)44-16-17-45(60-30-39(31-60)66-7)50(56-44)71-33-36-26-35(36)32-61)18-20-67-22-24-69-25-23-68-21-19-55-48(62)34-10-13-40-43(27-34)54(73-51(40)64)41-14-11-37(58(3)4)28-46(41)72-47-29-38(59(5)6)12-15-42(47)54/h10-17,27-29,35-36,39,61H,8-9,18-26,30-33H2,1-7H3,(H,55,62)(H,57,63)/t35-,36-,53+/m1/s1. The first-order chi connectivity index (χ1) is 35.2. The van der Waals surface area contributed by atoms with Gasteiger partial charge in [0.05, 0.1) is 57.9 Å². The van der Waals surface area contributed by atoms with Crippen molar-refractivity contribution in [1.82, 2.24) is 15.6 Å². The summed E-state index contributed by atoms with van der Waals surface area (Å²) >= 11 is 0. The highest BCUT2D eigenvalue weighted by Crippen LogP contribution is 2.57. The van der Waals surface area contributed by atoms with Crippen molar-refractivity contribution in [2.75, 3.05) is 129 Å². The molecule has 3 aromatic carbocycles. The van der Waals surface area contributed by atoms with Crippen molar-refractivity contribution < 1.29 is 62.2 Å². The molecule has 4 heterocycles. The number of hydrogen-bond acceptors (Lipinski definition) is 17. The highest BCUT2D eigenvalue weighted by molar-refractivity contribution is 6.01. The minimum Gasteiger partial charge on any atom is -0.476 e. The molecule has 0 unspecified atom stereocenters. The fourth-order valence-corrected chi connectivity index (χ4v) is 9.31. The van der Waals surface area contributed by atoms with E-state index in [1.54, 1.807) is 51.3 Å². The van der Waals surface area contributed by atoms with Gasteiger partial charge in [-0.05, 0) is 86.2 Å². The van der Waals surface area contributed by atoms with Crippen LogP contribution in [-0.2, 0) is 38.8 Å². The Balaban J connectivity index is 0.791. The van der Waals surface area contributed by atoms with Gasteiger partial charge in [0.2, 0.25) is 5.88 Å². The number of amides is 2. The highest BCUT2D eigenvalue weighted by Gasteiger charge is 2.54. The zero-order valence-corrected chi connectivity index (χ0v) is 42.8. The summed E-state index contributed by atoms with van der Waals surface area (Å²) in [5, 5.41) is 15.3. The molecule has 392 valence electrons. The molecule has 3 N–H and O–H groups in total. The molecule has 73 heavy (non-hydrogen) atoms. The van der Waals surface area contributed by atoms with Crippen LogP contribution >= 0.6 is 0 Å². The molecular weight excluding hydrogens is 941 g/mol. The van der Waals surface area contributed by atoms with E-state index in [0.29, 0.717) is 64.9 Å². The number of anilines is 3. The molecule has 0 bridgehead atoms. The van der Waals surface area contributed by atoms with E-state index < -0.39 is 29.0 Å². The number of carbonyl (C=O) groups excluding carboxylic acids is 4. The Morgan fingerprint density at radius 3 is 2.08 bits per heavy atom. The zero-order valence-electron chi connectivity index (χ0n) is 42.8. The Morgan fingerprint density at radius 2 is 1.48 bits per heavy atom. The smallest absolute Gasteiger partial charge is 0.340 e. The van der Waals surface area contributed by atoms with Crippen molar-refractivity contribution in [3.05, 3.63) is 100 Å². The third-order valence-corrected chi connectivity index (χ3v) is 14.0. The SMILES string of the molecule is CCOC(=O)[C@](CC)(CCOCCOCCOCCNC(=O)c1ccc2c(c1)C1(OC2=O)c2ccc(N(C)C)cc2Oc2cc(N(C)C)ccc21)NC(=O)c1ccc(N2CC(OC)C2)c(OC[C@H]2C[C@@H]2CO)n1. The molecule has 8 rings (SSSR count). The molecule has 2 amide bonds. The van der Waals surface area contributed by atoms with Crippen molar-refractivity contribution >= 4 is 40.8 Å². The van der Waals surface area contributed by atoms with E-state index in [0.717, 1.165) is 23.5 Å². The topological polar surface area (TPSA) is 209 Å². The molecule has 4 aliphatic rings. The summed E-state index contributed by atoms with van der Waals surface area (Å²) in [6.07, 6.45) is 1.35. The number of benzene rings is 3. The van der Waals surface area contributed by atoms with Crippen LogP contribution in [0.4, 0.5) is 17.1 Å². The Hall–Kier alpha value is -6.51. The summed E-state index contributed by atoms with van der Waals surface area (Å²) in [6, 6.07) is 19.9. The van der Waals surface area contributed by atoms with Gasteiger partial charge in [-0.2, -0.15) is 0 Å². The molecule has 1 saturated heterocycles. The first-order valence-corrected chi connectivity index (χ1v) is 25.0. The second kappa shape index (κ2) is 23.1. The van der Waals surface area contributed by atoms with E-state index in [1.807, 2.05) is 74.4 Å². The summed E-state index contributed by atoms with van der Waals surface area (Å²) in [6.45, 7) is 7.06. The van der Waals surface area contributed by atoms with Gasteiger partial charge in [-0.15, -0.1) is 0 Å². The highest BCUT2D eigenvalue weighted by atomic mass is 16.6. The van der Waals surface area contributed by atoms with Gasteiger partial charge in [-0.3, -0.25) is 9.59 Å². The Labute approximate surface area is 426 Å². The quantitative estimate of drug-likeness (QED) is 0.0563. The summed E-state index contributed by atoms with van der Waals surface area (Å²) in [5.41, 5.74) is 2.55. The molecule has 1 aromatic heterocycles. The number of hydrogen-bond donors (Lipinski definition) is 3. The van der Waals surface area contributed by atoms with E-state index in [2.05, 4.69) is 20.5 Å². The van der Waals surface area contributed by atoms with E-state index in [-0.39, 0.29) is 102 Å². The predicted octanol–water partition coefficient (Wildman–Crippen LogP) is 4.94. The molecule has 1 spiro atoms. The Morgan fingerprint density at radius 1 is 0.822 bits per heavy atom. The van der Waals surface area contributed by atoms with Crippen LogP contribution in [-0.4, -0.2) is 160 Å². The maximum atomic E-state index is 13.8. The summed E-state index contributed by atoms with van der Waals surface area (Å²) in [5.74, 6) is -0.111. The molecule has 4 aromatic rings. The van der Waals surface area contributed by atoms with Crippen LogP contribution in [0.25, 0.3) is 0 Å². The number of aliphatic hydroxyl groups excluding tert-OH is 1. The van der Waals surface area contributed by atoms with Gasteiger partial charge >= 0.3 is 11.9 Å². The van der Waals surface area contributed by atoms with Crippen LogP contribution in [0.5, 0.6) is 17.4 Å². The normalized spacial score (nSPS) is 17.8. The monoisotopic (exact) mass is 1010 g/mol. The number of methoxy groups -OCH3 is 1. The summed E-state index contributed by atoms with van der Waals surface area (Å²) in [7, 11) is 9.43. The first-order valence-electron chi connectivity index (χ1n) is 25.0. The van der Waals surface area contributed by atoms with Crippen LogP contribution in [0.1, 0.15) is 81.0 Å². The second-order valence-electron chi connectivity index (χ2n) is 19.1. The van der Waals surface area contributed by atoms with Crippen molar-refractivity contribution in [3.8, 4) is 17.4 Å². The largest absolute Gasteiger partial charge is 0.476 e. The maximum Gasteiger partial charge on any atom is 0.340 e. The minimum absolute atomic E-state index is 0.0896. The van der Waals surface area contributed by atoms with E-state index in [9.17, 15) is 24.3 Å². The lowest BCUT2D eigenvalue weighted by Crippen LogP contribution is -2.55. The molecule has 1 aliphatic carbocycles. The van der Waals surface area contributed by atoms with Gasteiger partial charge in [0, 0.05) is 120 Å².